The summed E-state index contributed by atoms with van der Waals surface area (Å²) in [6, 6.07) is 4.99. The standard InChI is InChI=1S/C13H11F3N2OS/c1-8-10(12(19)17-7-13(14,15)16)2-3-11(18-8)9-4-5-20-6-9/h2-6H,7H2,1H3,(H,17,19). The molecule has 0 saturated carbocycles. The van der Waals surface area contributed by atoms with Crippen LogP contribution in [0.2, 0.25) is 0 Å². The van der Waals surface area contributed by atoms with Gasteiger partial charge in [0.1, 0.15) is 6.54 Å². The number of halogens is 3. The smallest absolute Gasteiger partial charge is 0.343 e. The highest BCUT2D eigenvalue weighted by Crippen LogP contribution is 2.21. The van der Waals surface area contributed by atoms with Gasteiger partial charge in [0.2, 0.25) is 0 Å². The van der Waals surface area contributed by atoms with E-state index >= 15 is 0 Å². The van der Waals surface area contributed by atoms with Crippen molar-refractivity contribution in [2.24, 2.45) is 0 Å². The van der Waals surface area contributed by atoms with Gasteiger partial charge in [-0.15, -0.1) is 0 Å². The van der Waals surface area contributed by atoms with Crippen LogP contribution in [0.5, 0.6) is 0 Å². The third-order valence-electron chi connectivity index (χ3n) is 2.60. The highest BCUT2D eigenvalue weighted by molar-refractivity contribution is 7.08. The average molecular weight is 300 g/mol. The number of aryl methyl sites for hydroxylation is 1. The summed E-state index contributed by atoms with van der Waals surface area (Å²) in [5.41, 5.74) is 2.15. The molecule has 0 aliphatic heterocycles. The lowest BCUT2D eigenvalue weighted by atomic mass is 10.1. The van der Waals surface area contributed by atoms with Crippen molar-refractivity contribution >= 4 is 17.2 Å². The lowest BCUT2D eigenvalue weighted by Gasteiger charge is -2.10. The molecule has 0 fully saturated rings. The van der Waals surface area contributed by atoms with Crippen LogP contribution in [0.4, 0.5) is 13.2 Å². The van der Waals surface area contributed by atoms with Gasteiger partial charge in [-0.25, -0.2) is 0 Å². The molecule has 0 aromatic carbocycles. The molecule has 2 heterocycles. The number of nitrogens with one attached hydrogen (secondary N) is 1. The minimum Gasteiger partial charge on any atom is -0.343 e. The predicted molar refractivity (Wildman–Crippen MR) is 70.7 cm³/mol. The summed E-state index contributed by atoms with van der Waals surface area (Å²) in [4.78, 5) is 15.9. The van der Waals surface area contributed by atoms with E-state index < -0.39 is 18.6 Å². The number of hydrogen-bond acceptors (Lipinski definition) is 3. The molecule has 0 saturated heterocycles. The van der Waals surface area contributed by atoms with E-state index in [0.717, 1.165) is 5.56 Å². The molecule has 1 amide bonds. The Morgan fingerprint density at radius 3 is 2.65 bits per heavy atom. The van der Waals surface area contributed by atoms with Gasteiger partial charge in [0.15, 0.2) is 0 Å². The van der Waals surface area contributed by atoms with Crippen molar-refractivity contribution in [3.8, 4) is 11.3 Å². The molecule has 7 heteroatoms. The number of rotatable bonds is 3. The molecule has 0 radical (unpaired) electrons. The number of carbonyl (C=O) groups excluding carboxylic acids is 1. The largest absolute Gasteiger partial charge is 0.405 e. The zero-order valence-corrected chi connectivity index (χ0v) is 11.3. The Labute approximate surface area is 117 Å². The molecule has 2 rings (SSSR count). The van der Waals surface area contributed by atoms with E-state index in [2.05, 4.69) is 4.98 Å². The fourth-order valence-electron chi connectivity index (χ4n) is 1.65. The van der Waals surface area contributed by atoms with Gasteiger partial charge in [0, 0.05) is 10.9 Å². The maximum Gasteiger partial charge on any atom is 0.405 e. The summed E-state index contributed by atoms with van der Waals surface area (Å²) in [5, 5.41) is 5.64. The normalized spacial score (nSPS) is 11.4. The summed E-state index contributed by atoms with van der Waals surface area (Å²) in [7, 11) is 0. The van der Waals surface area contributed by atoms with Crippen molar-refractivity contribution in [2.75, 3.05) is 6.54 Å². The van der Waals surface area contributed by atoms with E-state index in [1.54, 1.807) is 13.0 Å². The first kappa shape index (κ1) is 14.5. The summed E-state index contributed by atoms with van der Waals surface area (Å²) in [6.07, 6.45) is -4.42. The molecule has 2 aromatic heterocycles. The van der Waals surface area contributed by atoms with Crippen LogP contribution >= 0.6 is 11.3 Å². The summed E-state index contributed by atoms with van der Waals surface area (Å²) in [6.45, 7) is 0.246. The highest BCUT2D eigenvalue weighted by Gasteiger charge is 2.28. The molecule has 0 atom stereocenters. The SMILES string of the molecule is Cc1nc(-c2ccsc2)ccc1C(=O)NCC(F)(F)F. The van der Waals surface area contributed by atoms with E-state index in [9.17, 15) is 18.0 Å². The molecule has 0 aliphatic rings. The average Bonchev–Trinajstić information content (AvgIpc) is 2.88. The predicted octanol–water partition coefficient (Wildman–Crippen LogP) is 3.41. The molecule has 0 bridgehead atoms. The van der Waals surface area contributed by atoms with Crippen LogP contribution in [0, 0.1) is 6.92 Å². The Balaban J connectivity index is 2.16. The fourth-order valence-corrected chi connectivity index (χ4v) is 2.30. The minimum absolute atomic E-state index is 0.147. The van der Waals surface area contributed by atoms with Crippen LogP contribution in [-0.2, 0) is 0 Å². The fraction of sp³-hybridized carbons (Fsp3) is 0.231. The molecule has 0 aliphatic carbocycles. The maximum absolute atomic E-state index is 12.1. The van der Waals surface area contributed by atoms with E-state index in [1.165, 1.54) is 17.4 Å². The van der Waals surface area contributed by atoms with Gasteiger partial charge in [-0.2, -0.15) is 24.5 Å². The van der Waals surface area contributed by atoms with E-state index in [0.29, 0.717) is 11.4 Å². The van der Waals surface area contributed by atoms with E-state index in [-0.39, 0.29) is 5.56 Å². The zero-order chi connectivity index (χ0) is 14.8. The number of pyridine rings is 1. The number of hydrogen-bond donors (Lipinski definition) is 1. The molecular formula is C13H11F3N2OS. The second-order valence-corrected chi connectivity index (χ2v) is 4.92. The Kier molecular flexibility index (Phi) is 4.08. The lowest BCUT2D eigenvalue weighted by molar-refractivity contribution is -0.123. The van der Waals surface area contributed by atoms with Crippen molar-refractivity contribution in [2.45, 2.75) is 13.1 Å². The van der Waals surface area contributed by atoms with Crippen molar-refractivity contribution in [3.63, 3.8) is 0 Å². The summed E-state index contributed by atoms with van der Waals surface area (Å²) >= 11 is 1.52. The first-order valence-electron chi connectivity index (χ1n) is 5.72. The quantitative estimate of drug-likeness (QED) is 0.944. The molecule has 106 valence electrons. The van der Waals surface area contributed by atoms with Crippen LogP contribution in [0.15, 0.2) is 29.0 Å². The van der Waals surface area contributed by atoms with Gasteiger partial charge in [0.05, 0.1) is 17.0 Å². The number of alkyl halides is 3. The molecule has 1 N–H and O–H groups in total. The molecule has 2 aromatic rings. The van der Waals surface area contributed by atoms with Gasteiger partial charge >= 0.3 is 6.18 Å². The van der Waals surface area contributed by atoms with Gasteiger partial charge < -0.3 is 5.32 Å². The van der Waals surface area contributed by atoms with E-state index in [1.807, 2.05) is 22.1 Å². The molecule has 0 spiro atoms. The topological polar surface area (TPSA) is 42.0 Å². The van der Waals surface area contributed by atoms with Gasteiger partial charge in [-0.05, 0) is 30.5 Å². The van der Waals surface area contributed by atoms with Crippen LogP contribution in [0.1, 0.15) is 16.1 Å². The van der Waals surface area contributed by atoms with Crippen LogP contribution in [0.25, 0.3) is 11.3 Å². The van der Waals surface area contributed by atoms with Crippen molar-refractivity contribution in [3.05, 3.63) is 40.2 Å². The third kappa shape index (κ3) is 3.57. The number of thiophene rings is 1. The van der Waals surface area contributed by atoms with Crippen molar-refractivity contribution < 1.29 is 18.0 Å². The summed E-state index contributed by atoms with van der Waals surface area (Å²) in [5.74, 6) is -0.774. The second kappa shape index (κ2) is 5.62. The van der Waals surface area contributed by atoms with Gasteiger partial charge in [-0.3, -0.25) is 9.78 Å². The van der Waals surface area contributed by atoms with Gasteiger partial charge in [-0.1, -0.05) is 0 Å². The highest BCUT2D eigenvalue weighted by atomic mass is 32.1. The minimum atomic E-state index is -4.42. The first-order chi connectivity index (χ1) is 9.37. The number of nitrogens with zero attached hydrogens (tertiary/aromatic N) is 1. The Bertz CT molecular complexity index is 609. The third-order valence-corrected chi connectivity index (χ3v) is 3.28. The molecule has 0 unspecified atom stereocenters. The Hall–Kier alpha value is -1.89. The number of carbonyl (C=O) groups is 1. The monoisotopic (exact) mass is 300 g/mol. The molecular weight excluding hydrogens is 289 g/mol. The second-order valence-electron chi connectivity index (χ2n) is 4.14. The summed E-state index contributed by atoms with van der Waals surface area (Å²) < 4.78 is 36.2. The molecule has 3 nitrogen and oxygen atoms in total. The Morgan fingerprint density at radius 1 is 1.35 bits per heavy atom. The number of amides is 1. The first-order valence-corrected chi connectivity index (χ1v) is 6.66. The zero-order valence-electron chi connectivity index (χ0n) is 10.5. The van der Waals surface area contributed by atoms with Crippen LogP contribution in [0.3, 0.4) is 0 Å². The van der Waals surface area contributed by atoms with Crippen LogP contribution < -0.4 is 5.32 Å². The number of aromatic nitrogens is 1. The van der Waals surface area contributed by atoms with Crippen molar-refractivity contribution in [1.82, 2.24) is 10.3 Å². The maximum atomic E-state index is 12.1. The van der Waals surface area contributed by atoms with Crippen LogP contribution in [-0.4, -0.2) is 23.6 Å². The molecule has 20 heavy (non-hydrogen) atoms. The van der Waals surface area contributed by atoms with Crippen molar-refractivity contribution in [1.29, 1.82) is 0 Å². The lowest BCUT2D eigenvalue weighted by Crippen LogP contribution is -2.34. The van der Waals surface area contributed by atoms with Gasteiger partial charge in [0.25, 0.3) is 5.91 Å². The van der Waals surface area contributed by atoms with E-state index in [4.69, 9.17) is 0 Å². The Morgan fingerprint density at radius 2 is 2.10 bits per heavy atom.